The molecule has 1 aromatic heterocycles. The first-order valence-corrected chi connectivity index (χ1v) is 5.75. The SMILES string of the molecule is CCCCN(C)C(=O)c1ccnc(C)c1C. The number of aryl methyl sites for hydroxylation is 1. The van der Waals surface area contributed by atoms with Crippen molar-refractivity contribution in [3.05, 3.63) is 29.1 Å². The summed E-state index contributed by atoms with van der Waals surface area (Å²) in [6.45, 7) is 6.82. The van der Waals surface area contributed by atoms with Gasteiger partial charge in [-0.15, -0.1) is 0 Å². The Morgan fingerprint density at radius 3 is 2.75 bits per heavy atom. The maximum atomic E-state index is 12.1. The molecule has 0 aliphatic carbocycles. The van der Waals surface area contributed by atoms with E-state index in [1.807, 2.05) is 20.9 Å². The molecule has 0 bridgehead atoms. The summed E-state index contributed by atoms with van der Waals surface area (Å²) in [5.41, 5.74) is 2.68. The van der Waals surface area contributed by atoms with Crippen molar-refractivity contribution < 1.29 is 4.79 Å². The second-order valence-electron chi connectivity index (χ2n) is 4.15. The van der Waals surface area contributed by atoms with Gasteiger partial charge in [0, 0.05) is 31.0 Å². The Bertz CT molecular complexity index is 374. The van der Waals surface area contributed by atoms with E-state index in [1.165, 1.54) is 0 Å². The third kappa shape index (κ3) is 2.81. The summed E-state index contributed by atoms with van der Waals surface area (Å²) in [5.74, 6) is 0.0939. The van der Waals surface area contributed by atoms with Gasteiger partial charge in [0.15, 0.2) is 0 Å². The van der Waals surface area contributed by atoms with E-state index in [0.29, 0.717) is 0 Å². The van der Waals surface area contributed by atoms with E-state index < -0.39 is 0 Å². The fourth-order valence-electron chi connectivity index (χ4n) is 1.57. The van der Waals surface area contributed by atoms with Gasteiger partial charge in [0.05, 0.1) is 0 Å². The van der Waals surface area contributed by atoms with E-state index >= 15 is 0 Å². The molecule has 0 fully saturated rings. The third-order valence-electron chi connectivity index (χ3n) is 2.88. The van der Waals surface area contributed by atoms with Crippen molar-refractivity contribution in [1.82, 2.24) is 9.88 Å². The van der Waals surface area contributed by atoms with Crippen LogP contribution in [0.2, 0.25) is 0 Å². The van der Waals surface area contributed by atoms with Crippen molar-refractivity contribution in [3.8, 4) is 0 Å². The van der Waals surface area contributed by atoms with Crippen LogP contribution in [0, 0.1) is 13.8 Å². The summed E-state index contributed by atoms with van der Waals surface area (Å²) in [6.07, 6.45) is 3.85. The maximum absolute atomic E-state index is 12.1. The van der Waals surface area contributed by atoms with E-state index in [2.05, 4.69) is 11.9 Å². The van der Waals surface area contributed by atoms with Gasteiger partial charge in [-0.1, -0.05) is 13.3 Å². The molecule has 16 heavy (non-hydrogen) atoms. The number of aromatic nitrogens is 1. The molecule has 0 aliphatic rings. The zero-order chi connectivity index (χ0) is 12.1. The van der Waals surface area contributed by atoms with Crippen molar-refractivity contribution >= 4 is 5.91 Å². The first-order chi connectivity index (χ1) is 7.57. The summed E-state index contributed by atoms with van der Waals surface area (Å²) >= 11 is 0. The van der Waals surface area contributed by atoms with Crippen LogP contribution in [-0.4, -0.2) is 29.4 Å². The Balaban J connectivity index is 2.84. The second-order valence-corrected chi connectivity index (χ2v) is 4.15. The van der Waals surface area contributed by atoms with Crippen LogP contribution in [-0.2, 0) is 0 Å². The summed E-state index contributed by atoms with van der Waals surface area (Å²) in [6, 6.07) is 1.80. The van der Waals surface area contributed by atoms with E-state index in [9.17, 15) is 4.79 Å². The standard InChI is InChI=1S/C13H20N2O/c1-5-6-9-15(4)13(16)12-7-8-14-11(3)10(12)2/h7-8H,5-6,9H2,1-4H3. The lowest BCUT2D eigenvalue weighted by Gasteiger charge is -2.18. The molecule has 0 aromatic carbocycles. The minimum absolute atomic E-state index is 0.0939. The molecule has 1 heterocycles. The lowest BCUT2D eigenvalue weighted by Crippen LogP contribution is -2.28. The van der Waals surface area contributed by atoms with Crippen LogP contribution in [0.3, 0.4) is 0 Å². The number of carbonyl (C=O) groups is 1. The van der Waals surface area contributed by atoms with Crippen molar-refractivity contribution in [2.75, 3.05) is 13.6 Å². The number of carbonyl (C=O) groups excluding carboxylic acids is 1. The number of nitrogens with zero attached hydrogens (tertiary/aromatic N) is 2. The highest BCUT2D eigenvalue weighted by atomic mass is 16.2. The summed E-state index contributed by atoms with van der Waals surface area (Å²) < 4.78 is 0. The average Bonchev–Trinajstić information content (AvgIpc) is 2.28. The van der Waals surface area contributed by atoms with Crippen LogP contribution in [0.25, 0.3) is 0 Å². The monoisotopic (exact) mass is 220 g/mol. The highest BCUT2D eigenvalue weighted by Crippen LogP contribution is 2.12. The van der Waals surface area contributed by atoms with Crippen molar-refractivity contribution in [3.63, 3.8) is 0 Å². The highest BCUT2D eigenvalue weighted by molar-refractivity contribution is 5.95. The lowest BCUT2D eigenvalue weighted by molar-refractivity contribution is 0.0792. The van der Waals surface area contributed by atoms with Gasteiger partial charge >= 0.3 is 0 Å². The van der Waals surface area contributed by atoms with Gasteiger partial charge in [-0.25, -0.2) is 0 Å². The second kappa shape index (κ2) is 5.64. The first-order valence-electron chi connectivity index (χ1n) is 5.75. The number of hydrogen-bond donors (Lipinski definition) is 0. The molecule has 0 radical (unpaired) electrons. The van der Waals surface area contributed by atoms with E-state index in [1.54, 1.807) is 17.2 Å². The highest BCUT2D eigenvalue weighted by Gasteiger charge is 2.14. The number of unbranched alkanes of at least 4 members (excludes halogenated alkanes) is 1. The van der Waals surface area contributed by atoms with Gasteiger partial charge in [-0.3, -0.25) is 9.78 Å². The molecule has 0 N–H and O–H groups in total. The molecule has 1 rings (SSSR count). The molecule has 0 atom stereocenters. The number of amides is 1. The first kappa shape index (κ1) is 12.7. The Hall–Kier alpha value is -1.38. The predicted octanol–water partition coefficient (Wildman–Crippen LogP) is 2.57. The van der Waals surface area contributed by atoms with Crippen LogP contribution in [0.15, 0.2) is 12.3 Å². The van der Waals surface area contributed by atoms with Crippen LogP contribution >= 0.6 is 0 Å². The minimum Gasteiger partial charge on any atom is -0.342 e. The Kier molecular flexibility index (Phi) is 4.47. The van der Waals surface area contributed by atoms with Crippen LogP contribution in [0.5, 0.6) is 0 Å². The van der Waals surface area contributed by atoms with Crippen LogP contribution in [0.1, 0.15) is 41.4 Å². The predicted molar refractivity (Wildman–Crippen MR) is 65.6 cm³/mol. The quantitative estimate of drug-likeness (QED) is 0.781. The molecule has 3 heteroatoms. The van der Waals surface area contributed by atoms with Gasteiger partial charge in [0.1, 0.15) is 0 Å². The molecule has 1 aromatic rings. The summed E-state index contributed by atoms with van der Waals surface area (Å²) in [5, 5.41) is 0. The summed E-state index contributed by atoms with van der Waals surface area (Å²) in [4.78, 5) is 18.1. The third-order valence-corrected chi connectivity index (χ3v) is 2.88. The van der Waals surface area contributed by atoms with E-state index in [4.69, 9.17) is 0 Å². The average molecular weight is 220 g/mol. The summed E-state index contributed by atoms with van der Waals surface area (Å²) in [7, 11) is 1.85. The van der Waals surface area contributed by atoms with Crippen molar-refractivity contribution in [1.29, 1.82) is 0 Å². The molecule has 3 nitrogen and oxygen atoms in total. The largest absolute Gasteiger partial charge is 0.342 e. The molecule has 0 spiro atoms. The Morgan fingerprint density at radius 2 is 2.12 bits per heavy atom. The minimum atomic E-state index is 0.0939. The molecule has 0 aliphatic heterocycles. The maximum Gasteiger partial charge on any atom is 0.253 e. The molecule has 88 valence electrons. The molecule has 0 saturated carbocycles. The lowest BCUT2D eigenvalue weighted by atomic mass is 10.1. The van der Waals surface area contributed by atoms with Gasteiger partial charge < -0.3 is 4.90 Å². The van der Waals surface area contributed by atoms with E-state index in [-0.39, 0.29) is 5.91 Å². The van der Waals surface area contributed by atoms with Crippen LogP contribution < -0.4 is 0 Å². The fraction of sp³-hybridized carbons (Fsp3) is 0.538. The topological polar surface area (TPSA) is 33.2 Å². The van der Waals surface area contributed by atoms with Crippen molar-refractivity contribution in [2.24, 2.45) is 0 Å². The molecular formula is C13H20N2O. The van der Waals surface area contributed by atoms with E-state index in [0.717, 1.165) is 36.2 Å². The fourth-order valence-corrected chi connectivity index (χ4v) is 1.57. The number of rotatable bonds is 4. The molecule has 0 saturated heterocycles. The molecular weight excluding hydrogens is 200 g/mol. The normalized spacial score (nSPS) is 10.2. The molecule has 1 amide bonds. The van der Waals surface area contributed by atoms with Crippen molar-refractivity contribution in [2.45, 2.75) is 33.6 Å². The van der Waals surface area contributed by atoms with Gasteiger partial charge in [0.2, 0.25) is 0 Å². The molecule has 0 unspecified atom stereocenters. The zero-order valence-electron chi connectivity index (χ0n) is 10.6. The van der Waals surface area contributed by atoms with Gasteiger partial charge in [0.25, 0.3) is 5.91 Å². The van der Waals surface area contributed by atoms with Gasteiger partial charge in [-0.05, 0) is 31.9 Å². The Morgan fingerprint density at radius 1 is 1.44 bits per heavy atom. The number of hydrogen-bond acceptors (Lipinski definition) is 2. The number of pyridine rings is 1. The Labute approximate surface area is 97.5 Å². The van der Waals surface area contributed by atoms with Gasteiger partial charge in [-0.2, -0.15) is 0 Å². The zero-order valence-corrected chi connectivity index (χ0v) is 10.6. The van der Waals surface area contributed by atoms with Crippen LogP contribution in [0.4, 0.5) is 0 Å². The smallest absolute Gasteiger partial charge is 0.253 e.